The zero-order valence-corrected chi connectivity index (χ0v) is 16.2. The number of nitrogens with zero attached hydrogens (tertiary/aromatic N) is 1. The van der Waals surface area contributed by atoms with E-state index >= 15 is 0 Å². The molecular formula is C22H26N4O3. The van der Waals surface area contributed by atoms with Gasteiger partial charge >= 0.3 is 0 Å². The van der Waals surface area contributed by atoms with E-state index in [0.717, 1.165) is 11.1 Å². The molecule has 3 amide bonds. The van der Waals surface area contributed by atoms with Gasteiger partial charge in [0, 0.05) is 25.6 Å². The smallest absolute Gasteiger partial charge is 0.237 e. The fourth-order valence-corrected chi connectivity index (χ4v) is 3.64. The minimum Gasteiger partial charge on any atom is -0.368 e. The number of rotatable bonds is 8. The lowest BCUT2D eigenvalue weighted by Crippen LogP contribution is -2.57. The van der Waals surface area contributed by atoms with Gasteiger partial charge in [-0.1, -0.05) is 60.7 Å². The van der Waals surface area contributed by atoms with E-state index in [2.05, 4.69) is 34.9 Å². The average Bonchev–Trinajstić information content (AvgIpc) is 2.74. The Morgan fingerprint density at radius 1 is 1.07 bits per heavy atom. The Bertz CT molecular complexity index is 802. The van der Waals surface area contributed by atoms with Crippen LogP contribution in [-0.2, 0) is 14.4 Å². The fraction of sp³-hybridized carbons (Fsp3) is 0.318. The molecule has 1 fully saturated rings. The minimum atomic E-state index is -0.614. The van der Waals surface area contributed by atoms with Crippen molar-refractivity contribution in [3.05, 3.63) is 71.8 Å². The van der Waals surface area contributed by atoms with E-state index in [-0.39, 0.29) is 30.7 Å². The van der Waals surface area contributed by atoms with Gasteiger partial charge in [-0.2, -0.15) is 0 Å². The van der Waals surface area contributed by atoms with Gasteiger partial charge in [0.25, 0.3) is 0 Å². The van der Waals surface area contributed by atoms with Gasteiger partial charge in [0.05, 0.1) is 19.0 Å². The quantitative estimate of drug-likeness (QED) is 0.610. The Labute approximate surface area is 170 Å². The zero-order valence-electron chi connectivity index (χ0n) is 16.2. The lowest BCUT2D eigenvalue weighted by Gasteiger charge is -2.37. The lowest BCUT2D eigenvalue weighted by atomic mass is 9.90. The van der Waals surface area contributed by atoms with Crippen LogP contribution in [0.3, 0.4) is 0 Å². The third kappa shape index (κ3) is 5.65. The number of piperazine rings is 1. The summed E-state index contributed by atoms with van der Waals surface area (Å²) in [5.74, 6) is -1.09. The van der Waals surface area contributed by atoms with E-state index in [4.69, 9.17) is 5.73 Å². The van der Waals surface area contributed by atoms with E-state index in [1.807, 2.05) is 41.3 Å². The molecule has 2 aromatic rings. The Kier molecular flexibility index (Phi) is 6.97. The Morgan fingerprint density at radius 2 is 1.66 bits per heavy atom. The van der Waals surface area contributed by atoms with Gasteiger partial charge in [-0.05, 0) is 11.1 Å². The van der Waals surface area contributed by atoms with Crippen molar-refractivity contribution in [3.63, 3.8) is 0 Å². The van der Waals surface area contributed by atoms with Crippen molar-refractivity contribution in [1.29, 1.82) is 0 Å². The second kappa shape index (κ2) is 9.84. The number of hydrogen-bond acceptors (Lipinski definition) is 4. The standard InChI is InChI=1S/C22H26N4O3/c23-20(27)14-25-21(28)13-19-22(29)24-11-12-26(19)15-18(16-7-3-1-4-8-16)17-9-5-2-6-10-17/h1-10,18-19H,11-15H2,(H2,23,27)(H,24,29)(H,25,28). The van der Waals surface area contributed by atoms with Crippen LogP contribution in [0.4, 0.5) is 0 Å². The summed E-state index contributed by atoms with van der Waals surface area (Å²) in [7, 11) is 0. The fourth-order valence-electron chi connectivity index (χ4n) is 3.64. The Morgan fingerprint density at radius 3 is 2.21 bits per heavy atom. The summed E-state index contributed by atoms with van der Waals surface area (Å²) in [5, 5.41) is 5.30. The molecule has 1 aliphatic rings. The number of nitrogens with one attached hydrogen (secondary N) is 2. The molecule has 152 valence electrons. The predicted molar refractivity (Wildman–Crippen MR) is 110 cm³/mol. The highest BCUT2D eigenvalue weighted by molar-refractivity contribution is 5.90. The van der Waals surface area contributed by atoms with Crippen molar-refractivity contribution in [1.82, 2.24) is 15.5 Å². The van der Waals surface area contributed by atoms with Crippen molar-refractivity contribution in [2.24, 2.45) is 5.73 Å². The van der Waals surface area contributed by atoms with E-state index in [1.54, 1.807) is 0 Å². The van der Waals surface area contributed by atoms with E-state index < -0.39 is 11.9 Å². The number of carbonyl (C=O) groups is 3. The second-order valence-corrected chi connectivity index (χ2v) is 7.12. The van der Waals surface area contributed by atoms with Crippen LogP contribution in [-0.4, -0.2) is 54.8 Å². The van der Waals surface area contributed by atoms with Crippen molar-refractivity contribution in [2.45, 2.75) is 18.4 Å². The van der Waals surface area contributed by atoms with Crippen LogP contribution >= 0.6 is 0 Å². The maximum atomic E-state index is 12.5. The van der Waals surface area contributed by atoms with Crippen LogP contribution in [0.1, 0.15) is 23.5 Å². The molecule has 3 rings (SSSR count). The number of carbonyl (C=O) groups excluding carboxylic acids is 3. The molecule has 7 heteroatoms. The van der Waals surface area contributed by atoms with E-state index in [0.29, 0.717) is 19.6 Å². The Balaban J connectivity index is 1.80. The molecule has 0 aromatic heterocycles. The summed E-state index contributed by atoms with van der Waals surface area (Å²) >= 11 is 0. The maximum absolute atomic E-state index is 12.5. The third-order valence-electron chi connectivity index (χ3n) is 5.10. The van der Waals surface area contributed by atoms with Gasteiger partial charge in [0.15, 0.2) is 0 Å². The molecule has 2 aromatic carbocycles. The second-order valence-electron chi connectivity index (χ2n) is 7.12. The molecule has 1 atom stereocenters. The van der Waals surface area contributed by atoms with E-state index in [9.17, 15) is 14.4 Å². The highest BCUT2D eigenvalue weighted by atomic mass is 16.2. The number of amides is 3. The number of benzene rings is 2. The molecule has 7 nitrogen and oxygen atoms in total. The highest BCUT2D eigenvalue weighted by Crippen LogP contribution is 2.27. The lowest BCUT2D eigenvalue weighted by molar-refractivity contribution is -0.134. The SMILES string of the molecule is NC(=O)CNC(=O)CC1C(=O)NCCN1CC(c1ccccc1)c1ccccc1. The van der Waals surface area contributed by atoms with Crippen LogP contribution in [0.25, 0.3) is 0 Å². The van der Waals surface area contributed by atoms with Crippen molar-refractivity contribution in [2.75, 3.05) is 26.2 Å². The molecule has 0 saturated carbocycles. The molecule has 1 aliphatic heterocycles. The monoisotopic (exact) mass is 394 g/mol. The van der Waals surface area contributed by atoms with Gasteiger partial charge in [0.1, 0.15) is 0 Å². The maximum Gasteiger partial charge on any atom is 0.237 e. The molecular weight excluding hydrogens is 368 g/mol. The summed E-state index contributed by atoms with van der Waals surface area (Å²) in [6.45, 7) is 1.56. The normalized spacial score (nSPS) is 17.0. The summed E-state index contributed by atoms with van der Waals surface area (Å²) in [6.07, 6.45) is -0.0184. The zero-order chi connectivity index (χ0) is 20.6. The molecule has 1 saturated heterocycles. The van der Waals surface area contributed by atoms with E-state index in [1.165, 1.54) is 0 Å². The van der Waals surface area contributed by atoms with Gasteiger partial charge < -0.3 is 16.4 Å². The van der Waals surface area contributed by atoms with Crippen LogP contribution in [0.2, 0.25) is 0 Å². The average molecular weight is 394 g/mol. The topological polar surface area (TPSA) is 105 Å². The third-order valence-corrected chi connectivity index (χ3v) is 5.10. The summed E-state index contributed by atoms with van der Waals surface area (Å²) in [6, 6.07) is 19.7. The first-order valence-corrected chi connectivity index (χ1v) is 9.71. The molecule has 29 heavy (non-hydrogen) atoms. The molecule has 4 N–H and O–H groups in total. The summed E-state index contributed by atoms with van der Waals surface area (Å²) < 4.78 is 0. The van der Waals surface area contributed by atoms with Crippen LogP contribution in [0, 0.1) is 0 Å². The van der Waals surface area contributed by atoms with Gasteiger partial charge in [-0.3, -0.25) is 19.3 Å². The molecule has 0 radical (unpaired) electrons. The molecule has 1 unspecified atom stereocenters. The predicted octanol–water partition coefficient (Wildman–Crippen LogP) is 0.611. The first-order valence-electron chi connectivity index (χ1n) is 9.71. The van der Waals surface area contributed by atoms with Crippen LogP contribution in [0.5, 0.6) is 0 Å². The van der Waals surface area contributed by atoms with Crippen molar-refractivity contribution in [3.8, 4) is 0 Å². The van der Waals surface area contributed by atoms with Gasteiger partial charge in [-0.25, -0.2) is 0 Å². The summed E-state index contributed by atoms with van der Waals surface area (Å²) in [5.41, 5.74) is 7.39. The van der Waals surface area contributed by atoms with Crippen molar-refractivity contribution < 1.29 is 14.4 Å². The minimum absolute atomic E-state index is 0.0184. The number of hydrogen-bond donors (Lipinski definition) is 3. The van der Waals surface area contributed by atoms with Crippen LogP contribution in [0.15, 0.2) is 60.7 Å². The number of nitrogens with two attached hydrogens (primary N) is 1. The first-order chi connectivity index (χ1) is 14.0. The molecule has 0 aliphatic carbocycles. The van der Waals surface area contributed by atoms with Crippen LogP contribution < -0.4 is 16.4 Å². The Hall–Kier alpha value is -3.19. The molecule has 0 spiro atoms. The van der Waals surface area contributed by atoms with Crippen molar-refractivity contribution >= 4 is 17.7 Å². The first kappa shape index (κ1) is 20.5. The highest BCUT2D eigenvalue weighted by Gasteiger charge is 2.33. The van der Waals surface area contributed by atoms with Gasteiger partial charge in [-0.15, -0.1) is 0 Å². The summed E-state index contributed by atoms with van der Waals surface area (Å²) in [4.78, 5) is 37.7. The number of primary amides is 1. The largest absolute Gasteiger partial charge is 0.368 e. The molecule has 0 bridgehead atoms. The van der Waals surface area contributed by atoms with Gasteiger partial charge in [0.2, 0.25) is 17.7 Å². The molecule has 1 heterocycles.